The lowest BCUT2D eigenvalue weighted by Crippen LogP contribution is -2.30. The summed E-state index contributed by atoms with van der Waals surface area (Å²) >= 11 is 6.01. The molecule has 30 heavy (non-hydrogen) atoms. The number of sulfonamides is 1. The molecule has 3 rings (SSSR count). The van der Waals surface area contributed by atoms with Crippen molar-refractivity contribution in [3.63, 3.8) is 0 Å². The Bertz CT molecular complexity index is 1150. The second-order valence-electron chi connectivity index (χ2n) is 6.68. The zero-order chi connectivity index (χ0) is 21.7. The molecule has 3 aromatic rings. The Kier molecular flexibility index (Phi) is 6.64. The molecule has 3 aromatic carbocycles. The molecule has 8 heteroatoms. The van der Waals surface area contributed by atoms with Crippen molar-refractivity contribution in [3.05, 3.63) is 83.4 Å². The minimum atomic E-state index is -3.81. The van der Waals surface area contributed by atoms with Crippen LogP contribution in [0.4, 0.5) is 11.4 Å². The molecule has 0 aliphatic carbocycles. The van der Waals surface area contributed by atoms with Gasteiger partial charge in [0.25, 0.3) is 15.9 Å². The highest BCUT2D eigenvalue weighted by molar-refractivity contribution is 7.92. The average Bonchev–Trinajstić information content (AvgIpc) is 2.70. The Morgan fingerprint density at radius 2 is 1.70 bits per heavy atom. The maximum atomic E-state index is 12.5. The molecule has 0 aliphatic rings. The molecule has 0 heterocycles. The van der Waals surface area contributed by atoms with E-state index >= 15 is 0 Å². The topological polar surface area (TPSA) is 84.5 Å². The van der Waals surface area contributed by atoms with Crippen molar-refractivity contribution in [1.29, 1.82) is 0 Å². The van der Waals surface area contributed by atoms with Crippen LogP contribution in [0.15, 0.2) is 77.7 Å². The van der Waals surface area contributed by atoms with E-state index in [1.54, 1.807) is 37.3 Å². The van der Waals surface area contributed by atoms with Crippen LogP contribution in [0, 0.1) is 6.92 Å². The lowest BCUT2D eigenvalue weighted by molar-refractivity contribution is -0.122. The van der Waals surface area contributed by atoms with Gasteiger partial charge in [-0.05, 0) is 67.9 Å². The monoisotopic (exact) mass is 444 g/mol. The Hall–Kier alpha value is -3.03. The lowest BCUT2D eigenvalue weighted by atomic mass is 10.2. The molecule has 0 saturated carbocycles. The normalized spacial score (nSPS) is 12.1. The van der Waals surface area contributed by atoms with E-state index in [1.807, 2.05) is 25.1 Å². The van der Waals surface area contributed by atoms with Gasteiger partial charge in [0.15, 0.2) is 6.10 Å². The number of amides is 1. The third-order valence-electron chi connectivity index (χ3n) is 4.22. The van der Waals surface area contributed by atoms with Crippen molar-refractivity contribution in [1.82, 2.24) is 0 Å². The van der Waals surface area contributed by atoms with Gasteiger partial charge in [-0.25, -0.2) is 8.42 Å². The average molecular weight is 445 g/mol. The molecule has 2 N–H and O–H groups in total. The lowest BCUT2D eigenvalue weighted by Gasteiger charge is -2.15. The summed E-state index contributed by atoms with van der Waals surface area (Å²) in [5, 5.41) is 3.01. The van der Waals surface area contributed by atoms with Gasteiger partial charge in [-0.2, -0.15) is 0 Å². The van der Waals surface area contributed by atoms with Crippen LogP contribution in [0.3, 0.4) is 0 Å². The molecule has 0 aliphatic heterocycles. The Balaban J connectivity index is 1.65. The fourth-order valence-electron chi connectivity index (χ4n) is 2.66. The summed E-state index contributed by atoms with van der Waals surface area (Å²) in [5.74, 6) is 0.256. The zero-order valence-electron chi connectivity index (χ0n) is 16.4. The Morgan fingerprint density at radius 3 is 2.37 bits per heavy atom. The molecule has 1 atom stereocenters. The summed E-state index contributed by atoms with van der Waals surface area (Å²) in [6.07, 6.45) is -0.725. The summed E-state index contributed by atoms with van der Waals surface area (Å²) in [5.41, 5.74) is 1.78. The van der Waals surface area contributed by atoms with Crippen LogP contribution in [-0.2, 0) is 14.8 Å². The van der Waals surface area contributed by atoms with E-state index in [2.05, 4.69) is 10.0 Å². The third-order valence-corrected chi connectivity index (χ3v) is 5.93. The Labute approximate surface area is 180 Å². The van der Waals surface area contributed by atoms with Crippen molar-refractivity contribution >= 4 is 38.9 Å². The van der Waals surface area contributed by atoms with Crippen LogP contribution < -0.4 is 14.8 Å². The van der Waals surface area contributed by atoms with Crippen molar-refractivity contribution in [3.8, 4) is 5.75 Å². The molecule has 0 bridgehead atoms. The highest BCUT2D eigenvalue weighted by atomic mass is 35.5. The number of carbonyl (C=O) groups is 1. The molecule has 156 valence electrons. The molecule has 0 fully saturated rings. The number of rotatable bonds is 7. The molecule has 0 saturated heterocycles. The zero-order valence-corrected chi connectivity index (χ0v) is 18.0. The van der Waals surface area contributed by atoms with Crippen molar-refractivity contribution < 1.29 is 17.9 Å². The molecule has 0 spiro atoms. The molecular formula is C22H21ClN2O4S. The van der Waals surface area contributed by atoms with E-state index in [-0.39, 0.29) is 10.8 Å². The first-order chi connectivity index (χ1) is 14.2. The Morgan fingerprint density at radius 1 is 1.00 bits per heavy atom. The second-order valence-corrected chi connectivity index (χ2v) is 8.77. The largest absolute Gasteiger partial charge is 0.481 e. The predicted octanol–water partition coefficient (Wildman–Crippen LogP) is 4.86. The van der Waals surface area contributed by atoms with Gasteiger partial charge in [0.05, 0.1) is 15.6 Å². The number of nitrogens with one attached hydrogen (secondary N) is 2. The first-order valence-corrected chi connectivity index (χ1v) is 11.0. The fraction of sp³-hybridized carbons (Fsp3) is 0.136. The van der Waals surface area contributed by atoms with Crippen molar-refractivity contribution in [2.45, 2.75) is 24.8 Å². The number of halogens is 1. The van der Waals surface area contributed by atoms with E-state index in [4.69, 9.17) is 16.3 Å². The van der Waals surface area contributed by atoms with Crippen LogP contribution in [0.1, 0.15) is 12.5 Å². The maximum Gasteiger partial charge on any atom is 0.265 e. The fourth-order valence-corrected chi connectivity index (χ4v) is 3.97. The van der Waals surface area contributed by atoms with Crippen LogP contribution in [0.5, 0.6) is 5.75 Å². The standard InChI is InChI=1S/C22H21ClN2O4S/c1-15-6-5-7-18(14-15)29-16(2)22(26)24-17-10-12-19(13-11-17)30(27,28)25-21-9-4-3-8-20(21)23/h3-14,16,25H,1-2H3,(H,24,26)/t16-/m0/s1. The molecule has 0 aromatic heterocycles. The molecule has 0 unspecified atom stereocenters. The van der Waals surface area contributed by atoms with E-state index in [0.29, 0.717) is 22.1 Å². The number of hydrogen-bond acceptors (Lipinski definition) is 4. The number of anilines is 2. The maximum absolute atomic E-state index is 12.5. The van der Waals surface area contributed by atoms with E-state index in [1.165, 1.54) is 24.3 Å². The van der Waals surface area contributed by atoms with E-state index in [0.717, 1.165) is 5.56 Å². The highest BCUT2D eigenvalue weighted by Crippen LogP contribution is 2.24. The number of hydrogen-bond donors (Lipinski definition) is 2. The first kappa shape index (κ1) is 21.7. The SMILES string of the molecule is Cc1cccc(O[C@@H](C)C(=O)Nc2ccc(S(=O)(=O)Nc3ccccc3Cl)cc2)c1. The van der Waals surface area contributed by atoms with Crippen molar-refractivity contribution in [2.75, 3.05) is 10.0 Å². The first-order valence-electron chi connectivity index (χ1n) is 9.16. The van der Waals surface area contributed by atoms with E-state index < -0.39 is 16.1 Å². The van der Waals surface area contributed by atoms with Crippen LogP contribution in [0.25, 0.3) is 0 Å². The van der Waals surface area contributed by atoms with Gasteiger partial charge >= 0.3 is 0 Å². The summed E-state index contributed by atoms with van der Waals surface area (Å²) in [7, 11) is -3.81. The van der Waals surface area contributed by atoms with Gasteiger partial charge in [0.1, 0.15) is 5.75 Å². The quantitative estimate of drug-likeness (QED) is 0.545. The van der Waals surface area contributed by atoms with Crippen molar-refractivity contribution in [2.24, 2.45) is 0 Å². The highest BCUT2D eigenvalue weighted by Gasteiger charge is 2.18. The van der Waals surface area contributed by atoms with Crippen LogP contribution in [-0.4, -0.2) is 20.4 Å². The number of ether oxygens (including phenoxy) is 1. The predicted molar refractivity (Wildman–Crippen MR) is 119 cm³/mol. The third kappa shape index (κ3) is 5.52. The summed E-state index contributed by atoms with van der Waals surface area (Å²) in [6, 6.07) is 19.8. The van der Waals surface area contributed by atoms with Gasteiger partial charge < -0.3 is 10.1 Å². The summed E-state index contributed by atoms with van der Waals surface area (Å²) in [4.78, 5) is 12.4. The van der Waals surface area contributed by atoms with Gasteiger partial charge in [-0.3, -0.25) is 9.52 Å². The van der Waals surface area contributed by atoms with Gasteiger partial charge in [0, 0.05) is 5.69 Å². The van der Waals surface area contributed by atoms with Gasteiger partial charge in [-0.1, -0.05) is 35.9 Å². The molecular weight excluding hydrogens is 424 g/mol. The van der Waals surface area contributed by atoms with Crippen LogP contribution in [0.2, 0.25) is 5.02 Å². The summed E-state index contributed by atoms with van der Waals surface area (Å²) < 4.78 is 33.2. The van der Waals surface area contributed by atoms with Gasteiger partial charge in [-0.15, -0.1) is 0 Å². The molecule has 0 radical (unpaired) electrons. The summed E-state index contributed by atoms with van der Waals surface area (Å²) in [6.45, 7) is 3.58. The number of carbonyl (C=O) groups excluding carboxylic acids is 1. The van der Waals surface area contributed by atoms with E-state index in [9.17, 15) is 13.2 Å². The minimum absolute atomic E-state index is 0.0458. The number of para-hydroxylation sites is 1. The second kappa shape index (κ2) is 9.19. The van der Waals surface area contributed by atoms with Crippen LogP contribution >= 0.6 is 11.6 Å². The number of benzene rings is 3. The smallest absolute Gasteiger partial charge is 0.265 e. The minimum Gasteiger partial charge on any atom is -0.481 e. The molecule has 6 nitrogen and oxygen atoms in total. The number of aryl methyl sites for hydroxylation is 1. The van der Waals surface area contributed by atoms with Gasteiger partial charge in [0.2, 0.25) is 0 Å². The molecule has 1 amide bonds.